The number of carboxylic acid groups (broad SMARTS) is 1. The summed E-state index contributed by atoms with van der Waals surface area (Å²) in [6, 6.07) is 13.3. The summed E-state index contributed by atoms with van der Waals surface area (Å²) in [5, 5.41) is 8.84. The Kier molecular flexibility index (Phi) is 3.76. The van der Waals surface area contributed by atoms with E-state index in [4.69, 9.17) is 5.11 Å². The van der Waals surface area contributed by atoms with Gasteiger partial charge in [0.05, 0.1) is 11.8 Å². The molecule has 2 N–H and O–H groups in total. The van der Waals surface area contributed by atoms with Crippen LogP contribution in [0.1, 0.15) is 10.4 Å². The van der Waals surface area contributed by atoms with Gasteiger partial charge in [0.2, 0.25) is 10.0 Å². The van der Waals surface area contributed by atoms with Crippen LogP contribution in [-0.2, 0) is 10.0 Å². The molecule has 2 aromatic carbocycles. The van der Waals surface area contributed by atoms with Gasteiger partial charge in [-0.3, -0.25) is 4.72 Å². The third-order valence-electron chi connectivity index (χ3n) is 2.63. The van der Waals surface area contributed by atoms with Crippen LogP contribution < -0.4 is 4.72 Å². The summed E-state index contributed by atoms with van der Waals surface area (Å²) in [5.41, 5.74) is 2.29. The van der Waals surface area contributed by atoms with E-state index in [0.29, 0.717) is 5.69 Å². The summed E-state index contributed by atoms with van der Waals surface area (Å²) < 4.78 is 24.8. The van der Waals surface area contributed by atoms with Gasteiger partial charge in [0.25, 0.3) is 0 Å². The van der Waals surface area contributed by atoms with Gasteiger partial charge in [-0.25, -0.2) is 13.2 Å². The third-order valence-corrected chi connectivity index (χ3v) is 3.24. The minimum Gasteiger partial charge on any atom is -0.478 e. The molecule has 0 fully saturated rings. The monoisotopic (exact) mass is 291 g/mol. The molecule has 0 spiro atoms. The number of benzene rings is 2. The second-order valence-electron chi connectivity index (χ2n) is 4.34. The van der Waals surface area contributed by atoms with Gasteiger partial charge in [-0.15, -0.1) is 0 Å². The van der Waals surface area contributed by atoms with Gasteiger partial charge in [-0.2, -0.15) is 0 Å². The Bertz CT molecular complexity index is 736. The molecule has 2 aromatic rings. The van der Waals surface area contributed by atoms with Crippen molar-refractivity contribution in [1.82, 2.24) is 0 Å². The van der Waals surface area contributed by atoms with Crippen molar-refractivity contribution in [3.8, 4) is 11.1 Å². The standard InChI is InChI=1S/C14H13NO4S/c1-20(18,19)15-13-4-2-3-12(9-13)10-5-7-11(8-6-10)14(16)17/h2-9,15H,1H3,(H,16,17). The van der Waals surface area contributed by atoms with Crippen molar-refractivity contribution in [3.63, 3.8) is 0 Å². The number of rotatable bonds is 4. The van der Waals surface area contributed by atoms with E-state index < -0.39 is 16.0 Å². The molecule has 0 unspecified atom stereocenters. The number of carbonyl (C=O) groups is 1. The number of aromatic carboxylic acids is 1. The molecule has 20 heavy (non-hydrogen) atoms. The van der Waals surface area contributed by atoms with Gasteiger partial charge in [0.1, 0.15) is 0 Å². The molecule has 0 aromatic heterocycles. The van der Waals surface area contributed by atoms with E-state index in [1.807, 2.05) is 6.07 Å². The van der Waals surface area contributed by atoms with E-state index in [2.05, 4.69) is 4.72 Å². The summed E-state index contributed by atoms with van der Waals surface area (Å²) in [7, 11) is -3.32. The Morgan fingerprint density at radius 2 is 1.70 bits per heavy atom. The van der Waals surface area contributed by atoms with Gasteiger partial charge in [0, 0.05) is 5.69 Å². The van der Waals surface area contributed by atoms with E-state index in [9.17, 15) is 13.2 Å². The normalized spacial score (nSPS) is 11.1. The topological polar surface area (TPSA) is 83.5 Å². The van der Waals surface area contributed by atoms with Crippen molar-refractivity contribution in [1.29, 1.82) is 0 Å². The van der Waals surface area contributed by atoms with Crippen LogP contribution in [-0.4, -0.2) is 25.7 Å². The fraction of sp³-hybridized carbons (Fsp3) is 0.0714. The molecule has 0 saturated heterocycles. The SMILES string of the molecule is CS(=O)(=O)Nc1cccc(-c2ccc(C(=O)O)cc2)c1. The fourth-order valence-corrected chi connectivity index (χ4v) is 2.34. The first kappa shape index (κ1) is 14.1. The second kappa shape index (κ2) is 5.34. The number of hydrogen-bond acceptors (Lipinski definition) is 3. The first-order chi connectivity index (χ1) is 9.35. The number of hydrogen-bond donors (Lipinski definition) is 2. The molecule has 0 aliphatic heterocycles. The maximum Gasteiger partial charge on any atom is 0.335 e. The van der Waals surface area contributed by atoms with Gasteiger partial charge >= 0.3 is 5.97 Å². The molecule has 0 radical (unpaired) electrons. The van der Waals surface area contributed by atoms with Crippen LogP contribution in [0, 0.1) is 0 Å². The van der Waals surface area contributed by atoms with E-state index in [1.165, 1.54) is 12.1 Å². The molecule has 0 heterocycles. The van der Waals surface area contributed by atoms with E-state index in [1.54, 1.807) is 30.3 Å². The van der Waals surface area contributed by atoms with E-state index >= 15 is 0 Å². The van der Waals surface area contributed by atoms with Crippen LogP contribution in [0.25, 0.3) is 11.1 Å². The highest BCUT2D eigenvalue weighted by molar-refractivity contribution is 7.92. The summed E-state index contributed by atoms with van der Waals surface area (Å²) in [4.78, 5) is 10.8. The number of sulfonamides is 1. The smallest absolute Gasteiger partial charge is 0.335 e. The van der Waals surface area contributed by atoms with Crippen molar-refractivity contribution in [3.05, 3.63) is 54.1 Å². The molecular formula is C14H13NO4S. The zero-order valence-corrected chi connectivity index (χ0v) is 11.5. The van der Waals surface area contributed by atoms with Crippen LogP contribution in [0.3, 0.4) is 0 Å². The lowest BCUT2D eigenvalue weighted by Crippen LogP contribution is -2.09. The zero-order valence-electron chi connectivity index (χ0n) is 10.7. The lowest BCUT2D eigenvalue weighted by Gasteiger charge is -2.07. The molecule has 2 rings (SSSR count). The number of nitrogens with one attached hydrogen (secondary N) is 1. The Hall–Kier alpha value is -2.34. The van der Waals surface area contributed by atoms with Crippen LogP contribution in [0.15, 0.2) is 48.5 Å². The first-order valence-electron chi connectivity index (χ1n) is 5.77. The Balaban J connectivity index is 2.33. The maximum atomic E-state index is 11.2. The van der Waals surface area contributed by atoms with Gasteiger partial charge in [-0.05, 0) is 35.4 Å². The molecule has 0 saturated carbocycles. The predicted octanol–water partition coefficient (Wildman–Crippen LogP) is 2.42. The van der Waals surface area contributed by atoms with Crippen LogP contribution in [0.5, 0.6) is 0 Å². The Morgan fingerprint density at radius 1 is 1.05 bits per heavy atom. The average Bonchev–Trinajstić information content (AvgIpc) is 2.37. The second-order valence-corrected chi connectivity index (χ2v) is 6.09. The van der Waals surface area contributed by atoms with Crippen molar-refractivity contribution in [2.75, 3.05) is 11.0 Å². The highest BCUT2D eigenvalue weighted by Gasteiger charge is 2.05. The maximum absolute atomic E-state index is 11.2. The summed E-state index contributed by atoms with van der Waals surface area (Å²) in [5.74, 6) is -0.982. The number of carboxylic acids is 1. The Labute approximate surface area is 116 Å². The quantitative estimate of drug-likeness (QED) is 0.906. The van der Waals surface area contributed by atoms with Gasteiger partial charge in [0.15, 0.2) is 0 Å². The lowest BCUT2D eigenvalue weighted by atomic mass is 10.0. The van der Waals surface area contributed by atoms with Crippen LogP contribution in [0.4, 0.5) is 5.69 Å². The van der Waals surface area contributed by atoms with Crippen LogP contribution in [0.2, 0.25) is 0 Å². The molecule has 6 heteroatoms. The molecule has 104 valence electrons. The number of anilines is 1. The highest BCUT2D eigenvalue weighted by Crippen LogP contribution is 2.23. The lowest BCUT2D eigenvalue weighted by molar-refractivity contribution is 0.0697. The summed E-state index contributed by atoms with van der Waals surface area (Å²) >= 11 is 0. The highest BCUT2D eigenvalue weighted by atomic mass is 32.2. The molecular weight excluding hydrogens is 278 g/mol. The summed E-state index contributed by atoms with van der Waals surface area (Å²) in [6.07, 6.45) is 1.08. The predicted molar refractivity (Wildman–Crippen MR) is 77.3 cm³/mol. The van der Waals surface area contributed by atoms with Crippen molar-refractivity contribution >= 4 is 21.7 Å². The van der Waals surface area contributed by atoms with Gasteiger partial charge in [-0.1, -0.05) is 24.3 Å². The van der Waals surface area contributed by atoms with Crippen molar-refractivity contribution in [2.24, 2.45) is 0 Å². The largest absolute Gasteiger partial charge is 0.478 e. The molecule has 0 atom stereocenters. The Morgan fingerprint density at radius 3 is 2.25 bits per heavy atom. The van der Waals surface area contributed by atoms with E-state index in [0.717, 1.165) is 17.4 Å². The van der Waals surface area contributed by atoms with Crippen LogP contribution >= 0.6 is 0 Å². The molecule has 5 nitrogen and oxygen atoms in total. The average molecular weight is 291 g/mol. The minimum atomic E-state index is -3.32. The first-order valence-corrected chi connectivity index (χ1v) is 7.66. The molecule has 0 amide bonds. The van der Waals surface area contributed by atoms with Gasteiger partial charge < -0.3 is 5.11 Å². The summed E-state index contributed by atoms with van der Waals surface area (Å²) in [6.45, 7) is 0. The van der Waals surface area contributed by atoms with E-state index in [-0.39, 0.29) is 5.56 Å². The fourth-order valence-electron chi connectivity index (χ4n) is 1.78. The molecule has 0 aliphatic rings. The van der Waals surface area contributed by atoms with Crippen molar-refractivity contribution < 1.29 is 18.3 Å². The van der Waals surface area contributed by atoms with Crippen molar-refractivity contribution in [2.45, 2.75) is 0 Å². The minimum absolute atomic E-state index is 0.208. The molecule has 0 aliphatic carbocycles. The molecule has 0 bridgehead atoms. The zero-order chi connectivity index (χ0) is 14.8. The third kappa shape index (κ3) is 3.58.